The lowest BCUT2D eigenvalue weighted by Gasteiger charge is -2.24. The first-order valence-electron chi connectivity index (χ1n) is 4.67. The van der Waals surface area contributed by atoms with Crippen molar-refractivity contribution in [2.45, 2.75) is 40.2 Å². The Hall–Kier alpha value is -0.730. The maximum atomic E-state index is 4.27. The molecule has 1 rings (SSSR count). The molecule has 0 aliphatic carbocycles. The number of hydrazone groups is 1. The zero-order valence-electron chi connectivity index (χ0n) is 8.46. The first kappa shape index (κ1) is 9.36. The van der Waals surface area contributed by atoms with Crippen molar-refractivity contribution < 1.29 is 0 Å². The summed E-state index contributed by atoms with van der Waals surface area (Å²) in [7, 11) is 0. The van der Waals surface area contributed by atoms with Crippen LogP contribution < -0.4 is 5.43 Å². The Bertz CT molecular complexity index is 173. The van der Waals surface area contributed by atoms with Crippen LogP contribution in [0.25, 0.3) is 0 Å². The molecule has 12 heavy (non-hydrogen) atoms. The fraction of sp³-hybridized carbons (Fsp3) is 0.889. The van der Waals surface area contributed by atoms with Crippen LogP contribution in [0.5, 0.6) is 0 Å². The van der Waals surface area contributed by atoms with E-state index < -0.39 is 0 Å². The van der Waals surface area contributed by atoms with E-state index in [0.717, 1.165) is 13.1 Å². The average molecular weight is 169 g/mol. The van der Waals surface area contributed by atoms with Crippen molar-refractivity contribution in [3.63, 3.8) is 0 Å². The second-order valence-corrected chi connectivity index (χ2v) is 4.01. The summed E-state index contributed by atoms with van der Waals surface area (Å²) in [5.74, 6) is 1.89. The molecular weight excluding hydrogens is 150 g/mol. The molecule has 0 unspecified atom stereocenters. The van der Waals surface area contributed by atoms with Gasteiger partial charge in [-0.1, -0.05) is 13.8 Å². The first-order chi connectivity index (χ1) is 5.61. The predicted molar refractivity (Wildman–Crippen MR) is 51.9 cm³/mol. The highest BCUT2D eigenvalue weighted by molar-refractivity contribution is 5.83. The summed E-state index contributed by atoms with van der Waals surface area (Å²) in [6, 6.07) is 0.553. The molecule has 3 nitrogen and oxygen atoms in total. The van der Waals surface area contributed by atoms with Crippen LogP contribution in [0.1, 0.15) is 34.1 Å². The van der Waals surface area contributed by atoms with Gasteiger partial charge in [0, 0.05) is 12.5 Å². The van der Waals surface area contributed by atoms with Gasteiger partial charge in [0.2, 0.25) is 0 Å². The van der Waals surface area contributed by atoms with Crippen molar-refractivity contribution in [1.29, 1.82) is 0 Å². The van der Waals surface area contributed by atoms with Gasteiger partial charge < -0.3 is 4.90 Å². The highest BCUT2D eigenvalue weighted by Gasteiger charge is 2.19. The van der Waals surface area contributed by atoms with Gasteiger partial charge in [-0.05, 0) is 19.8 Å². The lowest BCUT2D eigenvalue weighted by Crippen LogP contribution is -2.36. The van der Waals surface area contributed by atoms with E-state index in [1.807, 2.05) is 0 Å². The van der Waals surface area contributed by atoms with Crippen LogP contribution in [0.15, 0.2) is 5.10 Å². The molecule has 0 aromatic rings. The smallest absolute Gasteiger partial charge is 0.126 e. The largest absolute Gasteiger partial charge is 0.337 e. The molecule has 0 saturated heterocycles. The van der Waals surface area contributed by atoms with Crippen LogP contribution in [0.2, 0.25) is 0 Å². The Kier molecular flexibility index (Phi) is 2.95. The van der Waals surface area contributed by atoms with Gasteiger partial charge in [0.05, 0.1) is 0 Å². The molecule has 0 bridgehead atoms. The van der Waals surface area contributed by atoms with E-state index in [2.05, 4.69) is 43.1 Å². The van der Waals surface area contributed by atoms with E-state index in [-0.39, 0.29) is 0 Å². The standard InChI is InChI=1S/C9H19N3/c1-7(2)5-9-11-10-6-12(9)8(3)4/h7-8,10H,5-6H2,1-4H3. The molecule has 0 atom stereocenters. The third kappa shape index (κ3) is 2.13. The molecule has 1 heterocycles. The predicted octanol–water partition coefficient (Wildman–Crippen LogP) is 1.62. The van der Waals surface area contributed by atoms with Gasteiger partial charge in [-0.15, -0.1) is 0 Å². The van der Waals surface area contributed by atoms with E-state index in [0.29, 0.717) is 12.0 Å². The minimum Gasteiger partial charge on any atom is -0.337 e. The fourth-order valence-corrected chi connectivity index (χ4v) is 1.37. The topological polar surface area (TPSA) is 27.6 Å². The molecule has 3 heteroatoms. The second-order valence-electron chi connectivity index (χ2n) is 4.01. The van der Waals surface area contributed by atoms with Gasteiger partial charge in [0.1, 0.15) is 12.5 Å². The fourth-order valence-electron chi connectivity index (χ4n) is 1.37. The Morgan fingerprint density at radius 2 is 2.08 bits per heavy atom. The molecule has 0 aromatic heterocycles. The minimum absolute atomic E-state index is 0.553. The number of hydrogen-bond donors (Lipinski definition) is 1. The average Bonchev–Trinajstić information content (AvgIpc) is 2.33. The Balaban J connectivity index is 2.51. The molecule has 0 spiro atoms. The van der Waals surface area contributed by atoms with Crippen molar-refractivity contribution in [2.75, 3.05) is 6.67 Å². The van der Waals surface area contributed by atoms with Crippen LogP contribution in [-0.4, -0.2) is 23.4 Å². The SMILES string of the molecule is CC(C)CC1=NNCN1C(C)C. The van der Waals surface area contributed by atoms with Gasteiger partial charge in [-0.3, -0.25) is 5.43 Å². The van der Waals surface area contributed by atoms with Gasteiger partial charge in [0.25, 0.3) is 0 Å². The van der Waals surface area contributed by atoms with Crippen molar-refractivity contribution >= 4 is 5.84 Å². The Morgan fingerprint density at radius 1 is 1.42 bits per heavy atom. The van der Waals surface area contributed by atoms with Gasteiger partial charge >= 0.3 is 0 Å². The normalized spacial score (nSPS) is 17.2. The van der Waals surface area contributed by atoms with Crippen LogP contribution in [0.4, 0.5) is 0 Å². The lowest BCUT2D eigenvalue weighted by atomic mass is 10.1. The molecule has 0 radical (unpaired) electrons. The van der Waals surface area contributed by atoms with E-state index in [1.165, 1.54) is 5.84 Å². The number of amidine groups is 1. The molecule has 0 amide bonds. The van der Waals surface area contributed by atoms with Crippen LogP contribution >= 0.6 is 0 Å². The summed E-state index contributed by atoms with van der Waals surface area (Å²) < 4.78 is 0. The molecule has 1 N–H and O–H groups in total. The molecule has 0 fully saturated rings. The number of nitrogens with one attached hydrogen (secondary N) is 1. The molecule has 0 saturated carbocycles. The van der Waals surface area contributed by atoms with Crippen molar-refractivity contribution in [3.05, 3.63) is 0 Å². The second kappa shape index (κ2) is 3.78. The summed E-state index contributed by atoms with van der Waals surface area (Å²) >= 11 is 0. The molecule has 1 aliphatic rings. The monoisotopic (exact) mass is 169 g/mol. The molecule has 70 valence electrons. The summed E-state index contributed by atoms with van der Waals surface area (Å²) in [6.45, 7) is 9.71. The van der Waals surface area contributed by atoms with Crippen molar-refractivity contribution in [1.82, 2.24) is 10.3 Å². The van der Waals surface area contributed by atoms with Crippen molar-refractivity contribution in [3.8, 4) is 0 Å². The van der Waals surface area contributed by atoms with Gasteiger partial charge in [0.15, 0.2) is 0 Å². The van der Waals surface area contributed by atoms with E-state index in [1.54, 1.807) is 0 Å². The zero-order chi connectivity index (χ0) is 9.14. The highest BCUT2D eigenvalue weighted by Crippen LogP contribution is 2.11. The third-order valence-electron chi connectivity index (χ3n) is 1.99. The van der Waals surface area contributed by atoms with Crippen LogP contribution in [0.3, 0.4) is 0 Å². The zero-order valence-corrected chi connectivity index (χ0v) is 8.46. The van der Waals surface area contributed by atoms with Crippen LogP contribution in [-0.2, 0) is 0 Å². The summed E-state index contributed by atoms with van der Waals surface area (Å²) in [5.41, 5.74) is 3.02. The van der Waals surface area contributed by atoms with Crippen molar-refractivity contribution in [2.24, 2.45) is 11.0 Å². The number of rotatable bonds is 3. The Labute approximate surface area is 74.8 Å². The number of hydrogen-bond acceptors (Lipinski definition) is 3. The summed E-state index contributed by atoms with van der Waals surface area (Å²) in [4.78, 5) is 2.31. The van der Waals surface area contributed by atoms with E-state index in [9.17, 15) is 0 Å². The quantitative estimate of drug-likeness (QED) is 0.695. The van der Waals surface area contributed by atoms with E-state index in [4.69, 9.17) is 0 Å². The maximum Gasteiger partial charge on any atom is 0.126 e. The van der Waals surface area contributed by atoms with Gasteiger partial charge in [-0.25, -0.2) is 0 Å². The number of nitrogens with zero attached hydrogens (tertiary/aromatic N) is 2. The highest BCUT2D eigenvalue weighted by atomic mass is 15.5. The lowest BCUT2D eigenvalue weighted by molar-refractivity contribution is 0.348. The molecule has 1 aliphatic heterocycles. The minimum atomic E-state index is 0.553. The van der Waals surface area contributed by atoms with E-state index >= 15 is 0 Å². The molecule has 0 aromatic carbocycles. The first-order valence-corrected chi connectivity index (χ1v) is 4.67. The van der Waals surface area contributed by atoms with Gasteiger partial charge in [-0.2, -0.15) is 5.10 Å². The molecular formula is C9H19N3. The Morgan fingerprint density at radius 3 is 2.58 bits per heavy atom. The van der Waals surface area contributed by atoms with Crippen LogP contribution in [0, 0.1) is 5.92 Å². The third-order valence-corrected chi connectivity index (χ3v) is 1.99. The maximum absolute atomic E-state index is 4.27. The summed E-state index contributed by atoms with van der Waals surface area (Å²) in [5, 5.41) is 4.27. The summed E-state index contributed by atoms with van der Waals surface area (Å²) in [6.07, 6.45) is 1.07.